The van der Waals surface area contributed by atoms with Crippen molar-refractivity contribution in [2.45, 2.75) is 19.3 Å². The Labute approximate surface area is 320 Å². The normalized spacial score (nSPS) is 13.8. The molecule has 0 saturated carbocycles. The van der Waals surface area contributed by atoms with Crippen LogP contribution in [-0.2, 0) is 5.41 Å². The number of fused-ring (bicyclic) bond motifs is 14. The van der Waals surface area contributed by atoms with Gasteiger partial charge in [0.05, 0.1) is 22.1 Å². The Morgan fingerprint density at radius 2 is 1.16 bits per heavy atom. The Bertz CT molecular complexity index is 3760. The fourth-order valence-corrected chi connectivity index (χ4v) is 10.3. The van der Waals surface area contributed by atoms with Crippen molar-refractivity contribution in [2.24, 2.45) is 0 Å². The molecule has 56 heavy (non-hydrogen) atoms. The van der Waals surface area contributed by atoms with Gasteiger partial charge in [0, 0.05) is 59.8 Å². The molecule has 12 aromatic rings. The maximum atomic E-state index is 13.9. The molecule has 1 aliphatic rings. The first kappa shape index (κ1) is 30.2. The topological polar surface area (TPSA) is 39.5 Å². The van der Waals surface area contributed by atoms with Gasteiger partial charge >= 0.3 is 0 Å². The molecule has 0 saturated heterocycles. The predicted molar refractivity (Wildman–Crippen MR) is 232 cm³/mol. The quantitative estimate of drug-likeness (QED) is 0.167. The predicted octanol–water partition coefficient (Wildman–Crippen LogP) is 13.2. The summed E-state index contributed by atoms with van der Waals surface area (Å²) in [5.74, 6) is 0. The maximum Gasteiger partial charge on any atom is 0.263 e. The van der Waals surface area contributed by atoms with Crippen LogP contribution in [0.3, 0.4) is 0 Å². The standard InChI is InChI=1S/C52H32N2O2/c1-52(2)43-19-7-5-12-33(43)39-28-47-41(27-44(39)52)34-13-6-8-20-45(34)53(47)30-22-24-48-42(26-30)37-18-9-15-31(50(37)56-48)29-21-23-46-40(25-29)36-17-10-16-35-32-11-3-4-14-38(32)51(55)54(46)49(35)36/h3-28H,1-2H3. The minimum Gasteiger partial charge on any atom is -0.455 e. The summed E-state index contributed by atoms with van der Waals surface area (Å²) < 4.78 is 11.1. The van der Waals surface area contributed by atoms with E-state index in [0.29, 0.717) is 0 Å². The zero-order valence-corrected chi connectivity index (χ0v) is 30.7. The molecule has 8 aromatic carbocycles. The lowest BCUT2D eigenvalue weighted by Crippen LogP contribution is -2.14. The molecule has 262 valence electrons. The van der Waals surface area contributed by atoms with E-state index in [1.807, 2.05) is 22.6 Å². The summed E-state index contributed by atoms with van der Waals surface area (Å²) in [5, 5.41) is 9.62. The Balaban J connectivity index is 1.02. The highest BCUT2D eigenvalue weighted by molar-refractivity contribution is 6.21. The fourth-order valence-electron chi connectivity index (χ4n) is 10.3. The van der Waals surface area contributed by atoms with Crippen LogP contribution in [0.5, 0.6) is 0 Å². The van der Waals surface area contributed by atoms with E-state index in [4.69, 9.17) is 4.42 Å². The van der Waals surface area contributed by atoms with Gasteiger partial charge in [-0.3, -0.25) is 9.20 Å². The zero-order chi connectivity index (χ0) is 37.0. The van der Waals surface area contributed by atoms with E-state index in [1.54, 1.807) is 0 Å². The van der Waals surface area contributed by atoms with Crippen molar-refractivity contribution in [3.63, 3.8) is 0 Å². The third kappa shape index (κ3) is 3.66. The van der Waals surface area contributed by atoms with Gasteiger partial charge in [0.15, 0.2) is 0 Å². The number of hydrogen-bond acceptors (Lipinski definition) is 2. The van der Waals surface area contributed by atoms with Crippen molar-refractivity contribution in [3.8, 4) is 27.9 Å². The summed E-state index contributed by atoms with van der Waals surface area (Å²) in [4.78, 5) is 13.9. The second-order valence-electron chi connectivity index (χ2n) is 16.0. The van der Waals surface area contributed by atoms with Crippen LogP contribution in [-0.4, -0.2) is 8.97 Å². The highest BCUT2D eigenvalue weighted by atomic mass is 16.3. The van der Waals surface area contributed by atoms with Crippen LogP contribution in [0.4, 0.5) is 0 Å². The third-order valence-corrected chi connectivity index (χ3v) is 12.9. The van der Waals surface area contributed by atoms with E-state index in [2.05, 4.69) is 158 Å². The van der Waals surface area contributed by atoms with E-state index < -0.39 is 0 Å². The van der Waals surface area contributed by atoms with Gasteiger partial charge in [0.25, 0.3) is 5.56 Å². The number of hydrogen-bond donors (Lipinski definition) is 0. The highest BCUT2D eigenvalue weighted by Crippen LogP contribution is 2.51. The van der Waals surface area contributed by atoms with Crippen molar-refractivity contribution in [3.05, 3.63) is 179 Å². The molecule has 0 amide bonds. The molecule has 4 nitrogen and oxygen atoms in total. The van der Waals surface area contributed by atoms with Crippen LogP contribution in [0.2, 0.25) is 0 Å². The van der Waals surface area contributed by atoms with E-state index in [1.165, 1.54) is 44.1 Å². The van der Waals surface area contributed by atoms with Crippen LogP contribution in [0.15, 0.2) is 167 Å². The molecule has 0 atom stereocenters. The number of nitrogens with zero attached hydrogens (tertiary/aromatic N) is 2. The van der Waals surface area contributed by atoms with Gasteiger partial charge in [0.1, 0.15) is 11.2 Å². The maximum absolute atomic E-state index is 13.9. The van der Waals surface area contributed by atoms with Gasteiger partial charge in [-0.25, -0.2) is 0 Å². The summed E-state index contributed by atoms with van der Waals surface area (Å²) in [5.41, 5.74) is 14.5. The van der Waals surface area contributed by atoms with Crippen molar-refractivity contribution < 1.29 is 4.42 Å². The first-order valence-electron chi connectivity index (χ1n) is 19.3. The lowest BCUT2D eigenvalue weighted by Gasteiger charge is -2.21. The van der Waals surface area contributed by atoms with Gasteiger partial charge in [-0.05, 0) is 87.8 Å². The zero-order valence-electron chi connectivity index (χ0n) is 30.7. The number of pyridine rings is 1. The molecule has 1 aliphatic carbocycles. The van der Waals surface area contributed by atoms with Gasteiger partial charge in [-0.1, -0.05) is 117 Å². The average Bonchev–Trinajstić information content (AvgIpc) is 3.94. The molecular formula is C52H32N2O2. The van der Waals surface area contributed by atoms with Gasteiger partial charge in [-0.2, -0.15) is 0 Å². The Morgan fingerprint density at radius 1 is 0.464 bits per heavy atom. The first-order valence-corrected chi connectivity index (χ1v) is 19.3. The Morgan fingerprint density at radius 3 is 2.05 bits per heavy atom. The Hall–Kier alpha value is -7.17. The van der Waals surface area contributed by atoms with Crippen molar-refractivity contribution in [1.82, 2.24) is 8.97 Å². The van der Waals surface area contributed by atoms with Crippen molar-refractivity contribution in [1.29, 1.82) is 0 Å². The summed E-state index contributed by atoms with van der Waals surface area (Å²) >= 11 is 0. The molecule has 0 N–H and O–H groups in total. The fraction of sp³-hybridized carbons (Fsp3) is 0.0577. The van der Waals surface area contributed by atoms with Crippen LogP contribution in [0, 0.1) is 0 Å². The summed E-state index contributed by atoms with van der Waals surface area (Å²) in [7, 11) is 0. The first-order chi connectivity index (χ1) is 27.5. The van der Waals surface area contributed by atoms with Crippen molar-refractivity contribution >= 4 is 81.7 Å². The van der Waals surface area contributed by atoms with E-state index >= 15 is 0 Å². The van der Waals surface area contributed by atoms with Crippen molar-refractivity contribution in [2.75, 3.05) is 0 Å². The smallest absolute Gasteiger partial charge is 0.263 e. The second kappa shape index (κ2) is 10.3. The average molecular weight is 717 g/mol. The molecule has 4 heterocycles. The minimum atomic E-state index is -0.0712. The number of rotatable bonds is 2. The van der Waals surface area contributed by atoms with Gasteiger partial charge in [0.2, 0.25) is 0 Å². The second-order valence-corrected chi connectivity index (χ2v) is 16.0. The number of furan rings is 1. The number of para-hydroxylation sites is 3. The van der Waals surface area contributed by atoms with Crippen LogP contribution < -0.4 is 5.56 Å². The SMILES string of the molecule is CC1(C)c2ccccc2-c2cc3c(cc21)c1ccccc1n3-c1ccc2oc3c(-c4ccc5c(c4)c4cccc6c7ccccc7c(=O)n5c64)cccc3c2c1. The lowest BCUT2D eigenvalue weighted by atomic mass is 9.82. The molecule has 0 bridgehead atoms. The molecule has 0 aliphatic heterocycles. The molecule has 13 rings (SSSR count). The number of aromatic nitrogens is 2. The molecule has 0 unspecified atom stereocenters. The summed E-state index contributed by atoms with van der Waals surface area (Å²) in [6.07, 6.45) is 0. The summed E-state index contributed by atoms with van der Waals surface area (Å²) in [6.45, 7) is 4.69. The monoisotopic (exact) mass is 716 g/mol. The molecule has 0 spiro atoms. The molecule has 0 radical (unpaired) electrons. The molecular weight excluding hydrogens is 685 g/mol. The highest BCUT2D eigenvalue weighted by Gasteiger charge is 2.36. The van der Waals surface area contributed by atoms with Gasteiger partial charge in [-0.15, -0.1) is 0 Å². The largest absolute Gasteiger partial charge is 0.455 e. The van der Waals surface area contributed by atoms with E-state index in [0.717, 1.165) is 76.7 Å². The number of benzene rings is 8. The third-order valence-electron chi connectivity index (χ3n) is 12.9. The summed E-state index contributed by atoms with van der Waals surface area (Å²) in [6, 6.07) is 56.3. The minimum absolute atomic E-state index is 0.0172. The van der Waals surface area contributed by atoms with E-state index in [-0.39, 0.29) is 11.0 Å². The van der Waals surface area contributed by atoms with Gasteiger partial charge < -0.3 is 8.98 Å². The molecule has 0 fully saturated rings. The van der Waals surface area contributed by atoms with Crippen LogP contribution in [0.25, 0.3) is 110 Å². The van der Waals surface area contributed by atoms with E-state index in [9.17, 15) is 4.79 Å². The van der Waals surface area contributed by atoms with Crippen LogP contribution >= 0.6 is 0 Å². The lowest BCUT2D eigenvalue weighted by molar-refractivity contribution is 0.661. The van der Waals surface area contributed by atoms with Crippen LogP contribution in [0.1, 0.15) is 25.0 Å². The Kier molecular flexibility index (Phi) is 5.56. The molecule has 4 aromatic heterocycles. The molecule has 4 heteroatoms.